The minimum absolute atomic E-state index is 0.0128. The molecule has 0 radical (unpaired) electrons. The summed E-state index contributed by atoms with van der Waals surface area (Å²) >= 11 is 36.3. The molecule has 7 aromatic rings. The fraction of sp³-hybridized carbons (Fsp3) is 0.444. The molecule has 6 heterocycles. The Labute approximate surface area is 475 Å². The van der Waals surface area contributed by atoms with Gasteiger partial charge in [-0.15, -0.1) is 56.7 Å². The highest BCUT2D eigenvalue weighted by Gasteiger charge is 2.21. The van der Waals surface area contributed by atoms with E-state index < -0.39 is 0 Å². The van der Waals surface area contributed by atoms with Gasteiger partial charge >= 0.3 is 5.00 Å². The highest BCUT2D eigenvalue weighted by Crippen LogP contribution is 2.40. The Kier molecular flexibility index (Phi) is 25.6. The zero-order chi connectivity index (χ0) is 52.9. The van der Waals surface area contributed by atoms with E-state index in [1.54, 1.807) is 40.5 Å². The van der Waals surface area contributed by atoms with Gasteiger partial charge in [0, 0.05) is 45.2 Å². The van der Waals surface area contributed by atoms with E-state index in [0.29, 0.717) is 10.8 Å². The van der Waals surface area contributed by atoms with Crippen LogP contribution >= 0.6 is 146 Å². The summed E-state index contributed by atoms with van der Waals surface area (Å²) in [6.07, 6.45) is 0. The molecule has 0 atom stereocenters. The molecule has 0 unspecified atom stereocenters. The molecule has 0 spiro atoms. The molecule has 0 aliphatic rings. The minimum Gasteiger partial charge on any atom is -0.258 e. The summed E-state index contributed by atoms with van der Waals surface area (Å²) in [4.78, 5) is 19.3. The lowest BCUT2D eigenvalue weighted by Crippen LogP contribution is -2.07. The zero-order valence-electron chi connectivity index (χ0n) is 43.2. The molecule has 0 fully saturated rings. The topological polar surface area (TPSA) is 43.1 Å². The Hall–Kier alpha value is -1.00. The second-order valence-corrected chi connectivity index (χ2v) is 33.8. The van der Waals surface area contributed by atoms with E-state index in [-0.39, 0.29) is 31.6 Å². The summed E-state index contributed by atoms with van der Waals surface area (Å²) in [7, 11) is 0. The van der Waals surface area contributed by atoms with Gasteiger partial charge in [0.15, 0.2) is 0 Å². The molecule has 15 heteroatoms. The van der Waals surface area contributed by atoms with Crippen molar-refractivity contribution in [3.05, 3.63) is 158 Å². The highest BCUT2D eigenvalue weighted by molar-refractivity contribution is 9.11. The third-order valence-electron chi connectivity index (χ3n) is 9.13. The number of nitrogens with zero attached hydrogens (tertiary/aromatic N) is 1. The zero-order valence-corrected chi connectivity index (χ0v) is 54.4. The number of hydrogen-bond acceptors (Lipinski definition) is 9. The van der Waals surface area contributed by atoms with Crippen LogP contribution in [-0.4, -0.2) is 4.92 Å². The lowest BCUT2D eigenvalue weighted by molar-refractivity contribution is -0.380. The average Bonchev–Trinajstić information content (AvgIpc) is 4.05. The van der Waals surface area contributed by atoms with Crippen molar-refractivity contribution in [3.63, 3.8) is 0 Å². The van der Waals surface area contributed by atoms with Gasteiger partial charge in [0.1, 0.15) is 0 Å². The lowest BCUT2D eigenvalue weighted by atomic mass is 9.95. The Morgan fingerprint density at radius 2 is 0.942 bits per heavy atom. The van der Waals surface area contributed by atoms with E-state index in [1.165, 1.54) is 48.6 Å². The first kappa shape index (κ1) is 64.1. The molecule has 0 amide bonds. The predicted octanol–water partition coefficient (Wildman–Crippen LogP) is 23.8. The Morgan fingerprint density at radius 1 is 0.493 bits per heavy atom. The first-order valence-corrected chi connectivity index (χ1v) is 30.7. The summed E-state index contributed by atoms with van der Waals surface area (Å²) < 4.78 is 4.46. The highest BCUT2D eigenvalue weighted by atomic mass is 79.9. The van der Waals surface area contributed by atoms with Crippen LogP contribution in [0, 0.1) is 10.1 Å². The first-order valence-electron chi connectivity index (χ1n) is 22.2. The number of benzene rings is 1. The van der Waals surface area contributed by atoms with Gasteiger partial charge < -0.3 is 0 Å². The lowest BCUT2D eigenvalue weighted by Gasteiger charge is -2.15. The largest absolute Gasteiger partial charge is 0.324 e. The smallest absolute Gasteiger partial charge is 0.258 e. The Bertz CT molecular complexity index is 2510. The van der Waals surface area contributed by atoms with Gasteiger partial charge in [-0.1, -0.05) is 189 Å². The molecular formula is C54H70Br2Cl3NO2S7. The first-order chi connectivity index (χ1) is 31.4. The average molecular weight is 1260 g/mol. The SMILES string of the molecule is CC(C)(C)c1cc(Cl)c(Br)s1.CC(C)(C)c1ccc(Br)s1.CC(C)(C)c1ccc(Cl)s1.CC(C)(C)c1ccc(Sc2ccc(Cl)cc2)s1.CC(C)(C)c1ccc([N+](=O)[O-])s1.CC(C)(C)c1cccs1. The predicted molar refractivity (Wildman–Crippen MR) is 326 cm³/mol. The van der Waals surface area contributed by atoms with Crippen molar-refractivity contribution < 1.29 is 4.92 Å². The van der Waals surface area contributed by atoms with Gasteiger partial charge in [0.2, 0.25) is 0 Å². The monoisotopic (exact) mass is 1250 g/mol. The van der Waals surface area contributed by atoms with Crippen molar-refractivity contribution in [1.82, 2.24) is 0 Å². The van der Waals surface area contributed by atoms with Gasteiger partial charge in [-0.25, -0.2) is 0 Å². The van der Waals surface area contributed by atoms with Crippen molar-refractivity contribution in [1.29, 1.82) is 0 Å². The molecule has 0 saturated carbocycles. The molecule has 6 aromatic heterocycles. The molecule has 0 bridgehead atoms. The van der Waals surface area contributed by atoms with Crippen molar-refractivity contribution >= 4 is 151 Å². The Morgan fingerprint density at radius 3 is 1.23 bits per heavy atom. The van der Waals surface area contributed by atoms with E-state index >= 15 is 0 Å². The minimum atomic E-state index is -0.347. The van der Waals surface area contributed by atoms with Crippen LogP contribution < -0.4 is 0 Å². The van der Waals surface area contributed by atoms with Crippen LogP contribution in [0.1, 0.15) is 154 Å². The van der Waals surface area contributed by atoms with E-state index in [1.807, 2.05) is 85.1 Å². The van der Waals surface area contributed by atoms with Gasteiger partial charge in [0.05, 0.1) is 26.1 Å². The van der Waals surface area contributed by atoms with Crippen molar-refractivity contribution in [2.45, 2.75) is 166 Å². The maximum Gasteiger partial charge on any atom is 0.324 e. The van der Waals surface area contributed by atoms with Crippen molar-refractivity contribution in [3.8, 4) is 0 Å². The van der Waals surface area contributed by atoms with E-state index in [4.69, 9.17) is 34.8 Å². The van der Waals surface area contributed by atoms with Crippen LogP contribution in [0.5, 0.6) is 0 Å². The van der Waals surface area contributed by atoms with Crippen LogP contribution in [-0.2, 0) is 32.5 Å². The molecule has 0 N–H and O–H groups in total. The normalized spacial score (nSPS) is 11.9. The maximum atomic E-state index is 10.4. The van der Waals surface area contributed by atoms with Gasteiger partial charge in [0.25, 0.3) is 0 Å². The molecule has 69 heavy (non-hydrogen) atoms. The number of thiophene rings is 6. The third kappa shape index (κ3) is 24.3. The van der Waals surface area contributed by atoms with Crippen LogP contribution in [0.4, 0.5) is 5.00 Å². The maximum absolute atomic E-state index is 10.4. The number of hydrogen-bond donors (Lipinski definition) is 0. The van der Waals surface area contributed by atoms with Crippen molar-refractivity contribution in [2.24, 2.45) is 0 Å². The van der Waals surface area contributed by atoms with Gasteiger partial charge in [-0.2, -0.15) is 0 Å². The standard InChI is InChI=1S/C14H15ClS2.C8H10BrClS.C8H11BrS.C8H11ClS.C8H11NO2S.C8H12S/c1-14(2,3)12-8-9-13(17-12)16-11-6-4-10(15)5-7-11;1-8(2,3)6-4-5(10)7(9)11-6;2*1-8(2,3)6-4-5-7(9)10-6;1-8(2,3)6-4-5-7(12-6)9(10)11;1-8(2,3)7-5-4-6-9-7/h4-9H,1-3H3;4H,1-3H3;2*4-5H,1-3H3;4-5H,1-3H3;4-6H,1-3H3. The second-order valence-electron chi connectivity index (χ2n) is 22.0. The summed E-state index contributed by atoms with van der Waals surface area (Å²) in [5, 5.41) is 14.3. The van der Waals surface area contributed by atoms with Crippen molar-refractivity contribution in [2.75, 3.05) is 0 Å². The molecule has 1 aromatic carbocycles. The van der Waals surface area contributed by atoms with Crippen LogP contribution in [0.25, 0.3) is 0 Å². The van der Waals surface area contributed by atoms with E-state index in [0.717, 1.165) is 23.0 Å². The quantitative estimate of drug-likeness (QED) is 0.131. The van der Waals surface area contributed by atoms with E-state index in [9.17, 15) is 10.1 Å². The van der Waals surface area contributed by atoms with Gasteiger partial charge in [-0.05, 0) is 149 Å². The number of rotatable bonds is 3. The summed E-state index contributed by atoms with van der Waals surface area (Å²) in [6.45, 7) is 39.4. The molecule has 7 rings (SSSR count). The molecule has 0 saturated heterocycles. The summed E-state index contributed by atoms with van der Waals surface area (Å²) in [6, 6.07) is 30.4. The van der Waals surface area contributed by atoms with Crippen LogP contribution in [0.3, 0.4) is 0 Å². The summed E-state index contributed by atoms with van der Waals surface area (Å²) in [5.41, 5.74) is 1.35. The molecule has 0 aliphatic carbocycles. The van der Waals surface area contributed by atoms with Gasteiger partial charge in [-0.3, -0.25) is 10.1 Å². The molecule has 3 nitrogen and oxygen atoms in total. The molecular weight excluding hydrogens is 1190 g/mol. The second kappa shape index (κ2) is 27.5. The summed E-state index contributed by atoms with van der Waals surface area (Å²) in [5.74, 6) is 0. The van der Waals surface area contributed by atoms with Crippen LogP contribution in [0.15, 0.2) is 113 Å². The fourth-order valence-corrected chi connectivity index (χ4v) is 13.4. The van der Waals surface area contributed by atoms with Crippen LogP contribution in [0.2, 0.25) is 14.4 Å². The number of nitro groups is 1. The Balaban J connectivity index is 0.000000288. The van der Waals surface area contributed by atoms with E-state index in [2.05, 4.69) is 196 Å². The third-order valence-corrected chi connectivity index (χ3v) is 21.4. The molecule has 380 valence electrons. The fourth-order valence-electron chi connectivity index (χ4n) is 5.08. The number of halogens is 5. The molecule has 0 aliphatic heterocycles.